The highest BCUT2D eigenvalue weighted by molar-refractivity contribution is 5.91. The summed E-state index contributed by atoms with van der Waals surface area (Å²) in [6.07, 6.45) is 4.68. The maximum absolute atomic E-state index is 11.4. The molecule has 2 rings (SSSR count). The van der Waals surface area contributed by atoms with E-state index in [-0.39, 0.29) is 5.91 Å². The van der Waals surface area contributed by atoms with Crippen LogP contribution in [0.25, 0.3) is 0 Å². The highest BCUT2D eigenvalue weighted by Gasteiger charge is 2.21. The van der Waals surface area contributed by atoms with Crippen molar-refractivity contribution in [3.63, 3.8) is 0 Å². The molecule has 0 saturated carbocycles. The molecule has 1 aromatic heterocycles. The Morgan fingerprint density at radius 1 is 1.42 bits per heavy atom. The van der Waals surface area contributed by atoms with Gasteiger partial charge < -0.3 is 16.0 Å². The lowest BCUT2D eigenvalue weighted by atomic mass is 10.1. The molecule has 0 aromatic carbocycles. The summed E-state index contributed by atoms with van der Waals surface area (Å²) in [7, 11) is 1.58. The van der Waals surface area contributed by atoms with Gasteiger partial charge in [-0.05, 0) is 25.0 Å². The van der Waals surface area contributed by atoms with E-state index in [1.807, 2.05) is 6.07 Å². The SMILES string of the molecule is CNC(=O)c1ccc(N2CCCCCC2CN)nn1. The lowest BCUT2D eigenvalue weighted by molar-refractivity contribution is 0.0957. The van der Waals surface area contributed by atoms with E-state index in [4.69, 9.17) is 5.73 Å². The van der Waals surface area contributed by atoms with Crippen LogP contribution in [0.15, 0.2) is 12.1 Å². The van der Waals surface area contributed by atoms with Gasteiger partial charge in [0.05, 0.1) is 0 Å². The van der Waals surface area contributed by atoms with E-state index in [9.17, 15) is 4.79 Å². The van der Waals surface area contributed by atoms with E-state index in [0.717, 1.165) is 25.2 Å². The maximum atomic E-state index is 11.4. The number of nitrogens with zero attached hydrogens (tertiary/aromatic N) is 3. The van der Waals surface area contributed by atoms with Gasteiger partial charge in [-0.3, -0.25) is 4.79 Å². The number of carbonyl (C=O) groups is 1. The van der Waals surface area contributed by atoms with E-state index < -0.39 is 0 Å². The van der Waals surface area contributed by atoms with Gasteiger partial charge in [-0.15, -0.1) is 10.2 Å². The molecule has 3 N–H and O–H groups in total. The first-order chi connectivity index (χ1) is 9.26. The molecule has 0 bridgehead atoms. The van der Waals surface area contributed by atoms with Crippen LogP contribution in [0.4, 0.5) is 5.82 Å². The van der Waals surface area contributed by atoms with Crippen molar-refractivity contribution in [1.29, 1.82) is 0 Å². The Morgan fingerprint density at radius 3 is 2.89 bits per heavy atom. The summed E-state index contributed by atoms with van der Waals surface area (Å²) < 4.78 is 0. The predicted octanol–water partition coefficient (Wildman–Crippen LogP) is 0.544. The fourth-order valence-corrected chi connectivity index (χ4v) is 2.45. The van der Waals surface area contributed by atoms with Crippen LogP contribution < -0.4 is 16.0 Å². The van der Waals surface area contributed by atoms with E-state index in [1.54, 1.807) is 13.1 Å². The van der Waals surface area contributed by atoms with Crippen LogP contribution in [0.5, 0.6) is 0 Å². The summed E-state index contributed by atoms with van der Waals surface area (Å²) in [6.45, 7) is 1.58. The number of amides is 1. The summed E-state index contributed by atoms with van der Waals surface area (Å²) in [6, 6.07) is 3.88. The van der Waals surface area contributed by atoms with Crippen LogP contribution >= 0.6 is 0 Å². The average molecular weight is 263 g/mol. The van der Waals surface area contributed by atoms with Crippen LogP contribution in [0.1, 0.15) is 36.2 Å². The lowest BCUT2D eigenvalue weighted by Gasteiger charge is -2.29. The van der Waals surface area contributed by atoms with Crippen LogP contribution in [-0.2, 0) is 0 Å². The summed E-state index contributed by atoms with van der Waals surface area (Å²) in [4.78, 5) is 13.6. The standard InChI is InChI=1S/C13H21N5O/c1-15-13(19)11-6-7-12(17-16-11)18-8-4-2-3-5-10(18)9-14/h6-7,10H,2-5,8-9,14H2,1H3,(H,15,19). The zero-order valence-corrected chi connectivity index (χ0v) is 11.3. The molecular weight excluding hydrogens is 242 g/mol. The van der Waals surface area contributed by atoms with Crippen LogP contribution in [0.2, 0.25) is 0 Å². The zero-order valence-electron chi connectivity index (χ0n) is 11.3. The fourth-order valence-electron chi connectivity index (χ4n) is 2.45. The minimum Gasteiger partial charge on any atom is -0.354 e. The molecule has 1 saturated heterocycles. The van der Waals surface area contributed by atoms with Crippen molar-refractivity contribution < 1.29 is 4.79 Å². The average Bonchev–Trinajstić information content (AvgIpc) is 2.71. The molecule has 1 atom stereocenters. The maximum Gasteiger partial charge on any atom is 0.271 e. The lowest BCUT2D eigenvalue weighted by Crippen LogP contribution is -2.41. The molecule has 19 heavy (non-hydrogen) atoms. The first kappa shape index (κ1) is 13.7. The number of aromatic nitrogens is 2. The molecule has 2 heterocycles. The van der Waals surface area contributed by atoms with Crippen LogP contribution in [0, 0.1) is 0 Å². The number of carbonyl (C=O) groups excluding carboxylic acids is 1. The number of nitrogens with two attached hydrogens (primary N) is 1. The topological polar surface area (TPSA) is 84.1 Å². The highest BCUT2D eigenvalue weighted by atomic mass is 16.1. The number of hydrogen-bond donors (Lipinski definition) is 2. The molecule has 1 unspecified atom stereocenters. The first-order valence-electron chi connectivity index (χ1n) is 6.78. The van der Waals surface area contributed by atoms with Gasteiger partial charge >= 0.3 is 0 Å². The Bertz CT molecular complexity index is 420. The second kappa shape index (κ2) is 6.47. The van der Waals surface area contributed by atoms with Crippen molar-refractivity contribution in [2.75, 3.05) is 25.0 Å². The monoisotopic (exact) mass is 263 g/mol. The number of hydrogen-bond acceptors (Lipinski definition) is 5. The quantitative estimate of drug-likeness (QED) is 0.831. The zero-order chi connectivity index (χ0) is 13.7. The molecule has 1 aromatic rings. The van der Waals surface area contributed by atoms with Gasteiger partial charge in [0.25, 0.3) is 5.91 Å². The van der Waals surface area contributed by atoms with Gasteiger partial charge in [0.1, 0.15) is 0 Å². The molecule has 0 spiro atoms. The molecule has 1 amide bonds. The minimum absolute atomic E-state index is 0.217. The van der Waals surface area contributed by atoms with E-state index in [2.05, 4.69) is 20.4 Å². The Kier molecular flexibility index (Phi) is 4.68. The highest BCUT2D eigenvalue weighted by Crippen LogP contribution is 2.21. The molecule has 104 valence electrons. The van der Waals surface area contributed by atoms with Crippen LogP contribution in [-0.4, -0.2) is 42.3 Å². The number of anilines is 1. The first-order valence-corrected chi connectivity index (χ1v) is 6.78. The molecule has 1 aliphatic rings. The van der Waals surface area contributed by atoms with Crippen molar-refractivity contribution >= 4 is 11.7 Å². The predicted molar refractivity (Wildman–Crippen MR) is 74.1 cm³/mol. The van der Waals surface area contributed by atoms with E-state index in [0.29, 0.717) is 18.3 Å². The Labute approximate surface area is 113 Å². The Hall–Kier alpha value is -1.69. The second-order valence-corrected chi connectivity index (χ2v) is 4.79. The van der Waals surface area contributed by atoms with Crippen molar-refractivity contribution in [2.45, 2.75) is 31.7 Å². The third-order valence-electron chi connectivity index (χ3n) is 3.55. The fraction of sp³-hybridized carbons (Fsp3) is 0.615. The van der Waals surface area contributed by atoms with Gasteiger partial charge in [-0.2, -0.15) is 0 Å². The number of rotatable bonds is 3. The largest absolute Gasteiger partial charge is 0.354 e. The van der Waals surface area contributed by atoms with E-state index in [1.165, 1.54) is 12.8 Å². The third-order valence-corrected chi connectivity index (χ3v) is 3.55. The number of nitrogens with one attached hydrogen (secondary N) is 1. The molecule has 6 heteroatoms. The van der Waals surface area contributed by atoms with Gasteiger partial charge in [-0.1, -0.05) is 12.8 Å². The minimum atomic E-state index is -0.217. The van der Waals surface area contributed by atoms with Crippen molar-refractivity contribution in [3.05, 3.63) is 17.8 Å². The van der Waals surface area contributed by atoms with Crippen molar-refractivity contribution in [3.8, 4) is 0 Å². The van der Waals surface area contributed by atoms with Gasteiger partial charge in [0, 0.05) is 26.2 Å². The molecule has 0 radical (unpaired) electrons. The summed E-state index contributed by atoms with van der Waals surface area (Å²) in [5, 5.41) is 10.7. The molecule has 1 fully saturated rings. The van der Waals surface area contributed by atoms with Gasteiger partial charge in [0.2, 0.25) is 0 Å². The van der Waals surface area contributed by atoms with Gasteiger partial charge in [0.15, 0.2) is 11.5 Å². The molecule has 0 aliphatic carbocycles. The smallest absolute Gasteiger partial charge is 0.271 e. The molecule has 6 nitrogen and oxygen atoms in total. The third kappa shape index (κ3) is 3.20. The molecular formula is C13H21N5O. The Morgan fingerprint density at radius 2 is 2.26 bits per heavy atom. The summed E-state index contributed by atoms with van der Waals surface area (Å²) >= 11 is 0. The normalized spacial score (nSPS) is 19.9. The molecule has 1 aliphatic heterocycles. The van der Waals surface area contributed by atoms with E-state index >= 15 is 0 Å². The van der Waals surface area contributed by atoms with Crippen molar-refractivity contribution in [2.24, 2.45) is 5.73 Å². The van der Waals surface area contributed by atoms with Crippen molar-refractivity contribution in [1.82, 2.24) is 15.5 Å². The van der Waals surface area contributed by atoms with Gasteiger partial charge in [-0.25, -0.2) is 0 Å². The summed E-state index contributed by atoms with van der Waals surface area (Å²) in [5.41, 5.74) is 6.18. The Balaban J connectivity index is 2.17. The van der Waals surface area contributed by atoms with Crippen LogP contribution in [0.3, 0.4) is 0 Å². The second-order valence-electron chi connectivity index (χ2n) is 4.79. The summed E-state index contributed by atoms with van der Waals surface area (Å²) in [5.74, 6) is 0.593.